The van der Waals surface area contributed by atoms with Crippen LogP contribution in [0, 0.1) is 0 Å². The van der Waals surface area contributed by atoms with E-state index in [4.69, 9.17) is 5.73 Å². The number of aromatic nitrogens is 2. The van der Waals surface area contributed by atoms with Crippen LogP contribution in [0.3, 0.4) is 0 Å². The third-order valence-corrected chi connectivity index (χ3v) is 4.63. The molecule has 5 nitrogen and oxygen atoms in total. The van der Waals surface area contributed by atoms with E-state index in [9.17, 15) is 8.42 Å². The summed E-state index contributed by atoms with van der Waals surface area (Å²) in [5.41, 5.74) is 9.11. The zero-order valence-electron chi connectivity index (χ0n) is 11.3. The van der Waals surface area contributed by atoms with Gasteiger partial charge in [-0.2, -0.15) is 0 Å². The predicted molar refractivity (Wildman–Crippen MR) is 77.1 cm³/mol. The molecule has 1 aromatic heterocycles. The van der Waals surface area contributed by atoms with Crippen molar-refractivity contribution in [2.75, 3.05) is 12.0 Å². The second-order valence-electron chi connectivity index (χ2n) is 5.18. The maximum absolute atomic E-state index is 11.9. The molecule has 1 aliphatic rings. The molecule has 0 radical (unpaired) electrons. The van der Waals surface area contributed by atoms with Crippen molar-refractivity contribution in [2.24, 2.45) is 0 Å². The normalized spacial score (nSPS) is 17.4. The van der Waals surface area contributed by atoms with Gasteiger partial charge < -0.3 is 5.73 Å². The summed E-state index contributed by atoms with van der Waals surface area (Å²) in [7, 11) is -3.42. The average Bonchev–Trinajstić information content (AvgIpc) is 2.38. The smallest absolute Gasteiger partial charge is 0.221 e. The van der Waals surface area contributed by atoms with Crippen molar-refractivity contribution >= 4 is 15.8 Å². The molecule has 2 aromatic rings. The maximum Gasteiger partial charge on any atom is 0.221 e. The van der Waals surface area contributed by atoms with Gasteiger partial charge in [-0.05, 0) is 17.9 Å². The van der Waals surface area contributed by atoms with Gasteiger partial charge in [0, 0.05) is 17.4 Å². The number of fused-ring (bicyclic) bond motifs is 3. The lowest BCUT2D eigenvalue weighted by Gasteiger charge is -2.25. The van der Waals surface area contributed by atoms with Crippen LogP contribution in [0.2, 0.25) is 0 Å². The van der Waals surface area contributed by atoms with Gasteiger partial charge in [0.25, 0.3) is 0 Å². The molecular weight excluding hydrogens is 274 g/mol. The van der Waals surface area contributed by atoms with E-state index in [1.54, 1.807) is 0 Å². The number of hydrogen-bond acceptors (Lipinski definition) is 5. The SMILES string of the molecule is CC1Cc2c(nc(N)nc2S(C)(=O)=O)-c2ccccc21. The van der Waals surface area contributed by atoms with Gasteiger partial charge in [0.05, 0.1) is 5.69 Å². The first kappa shape index (κ1) is 13.1. The monoisotopic (exact) mass is 289 g/mol. The van der Waals surface area contributed by atoms with E-state index in [1.807, 2.05) is 24.3 Å². The molecule has 0 fully saturated rings. The standard InChI is InChI=1S/C14H15N3O2S/c1-8-7-11-12(10-6-4-3-5-9(8)10)16-14(15)17-13(11)20(2,18)19/h3-6,8H,7H2,1-2H3,(H2,15,16,17). The van der Waals surface area contributed by atoms with Crippen LogP contribution >= 0.6 is 0 Å². The highest BCUT2D eigenvalue weighted by atomic mass is 32.2. The molecule has 20 heavy (non-hydrogen) atoms. The van der Waals surface area contributed by atoms with Gasteiger partial charge in [0.15, 0.2) is 14.9 Å². The minimum atomic E-state index is -3.42. The van der Waals surface area contributed by atoms with Gasteiger partial charge in [-0.1, -0.05) is 31.2 Å². The third kappa shape index (κ3) is 1.96. The highest BCUT2D eigenvalue weighted by Crippen LogP contribution is 2.40. The minimum absolute atomic E-state index is 0.00599. The first-order valence-electron chi connectivity index (χ1n) is 6.33. The molecule has 1 atom stereocenters. The van der Waals surface area contributed by atoms with Crippen LogP contribution in [-0.2, 0) is 16.3 Å². The molecule has 0 aliphatic heterocycles. The van der Waals surface area contributed by atoms with Crippen LogP contribution in [0.15, 0.2) is 29.3 Å². The van der Waals surface area contributed by atoms with E-state index in [0.717, 1.165) is 17.4 Å². The maximum atomic E-state index is 11.9. The number of nitrogens with zero attached hydrogens (tertiary/aromatic N) is 2. The summed E-state index contributed by atoms with van der Waals surface area (Å²) >= 11 is 0. The van der Waals surface area contributed by atoms with Crippen molar-refractivity contribution < 1.29 is 8.42 Å². The molecule has 6 heteroatoms. The Morgan fingerprint density at radius 2 is 1.95 bits per heavy atom. The van der Waals surface area contributed by atoms with E-state index in [0.29, 0.717) is 17.7 Å². The van der Waals surface area contributed by atoms with Crippen LogP contribution in [0.5, 0.6) is 0 Å². The fraction of sp³-hybridized carbons (Fsp3) is 0.286. The number of hydrogen-bond donors (Lipinski definition) is 1. The molecule has 0 saturated heterocycles. The molecule has 1 aliphatic carbocycles. The Balaban J connectivity index is 2.39. The second-order valence-corrected chi connectivity index (χ2v) is 7.11. The van der Waals surface area contributed by atoms with E-state index < -0.39 is 9.84 Å². The van der Waals surface area contributed by atoms with E-state index >= 15 is 0 Å². The Bertz CT molecular complexity index is 800. The Kier molecular flexibility index (Phi) is 2.79. The van der Waals surface area contributed by atoms with Crippen LogP contribution in [0.1, 0.15) is 24.0 Å². The van der Waals surface area contributed by atoms with Crippen molar-refractivity contribution in [1.82, 2.24) is 9.97 Å². The lowest BCUT2D eigenvalue weighted by Crippen LogP contribution is -2.17. The number of sulfone groups is 1. The topological polar surface area (TPSA) is 85.9 Å². The molecule has 1 unspecified atom stereocenters. The molecule has 1 aromatic carbocycles. The van der Waals surface area contributed by atoms with Gasteiger partial charge in [-0.3, -0.25) is 0 Å². The van der Waals surface area contributed by atoms with Gasteiger partial charge in [-0.15, -0.1) is 0 Å². The van der Waals surface area contributed by atoms with E-state index in [2.05, 4.69) is 16.9 Å². The van der Waals surface area contributed by atoms with Gasteiger partial charge in [0.2, 0.25) is 5.95 Å². The molecule has 3 rings (SSSR count). The highest BCUT2D eigenvalue weighted by molar-refractivity contribution is 7.90. The van der Waals surface area contributed by atoms with Crippen LogP contribution in [0.4, 0.5) is 5.95 Å². The Morgan fingerprint density at radius 1 is 1.25 bits per heavy atom. The molecular formula is C14H15N3O2S. The zero-order chi connectivity index (χ0) is 14.5. The molecule has 104 valence electrons. The highest BCUT2D eigenvalue weighted by Gasteiger charge is 2.29. The summed E-state index contributed by atoms with van der Waals surface area (Å²) < 4.78 is 23.9. The lowest BCUT2D eigenvalue weighted by atomic mass is 9.82. The number of anilines is 1. The first-order valence-corrected chi connectivity index (χ1v) is 8.23. The van der Waals surface area contributed by atoms with Crippen molar-refractivity contribution in [3.8, 4) is 11.3 Å². The van der Waals surface area contributed by atoms with Crippen molar-refractivity contribution in [3.63, 3.8) is 0 Å². The van der Waals surface area contributed by atoms with Crippen LogP contribution in [-0.4, -0.2) is 24.6 Å². The van der Waals surface area contributed by atoms with Crippen LogP contribution < -0.4 is 5.73 Å². The Hall–Kier alpha value is -1.95. The largest absolute Gasteiger partial charge is 0.368 e. The fourth-order valence-electron chi connectivity index (χ4n) is 2.75. The number of nitrogen functional groups attached to an aromatic ring is 1. The zero-order valence-corrected chi connectivity index (χ0v) is 12.1. The number of rotatable bonds is 1. The van der Waals surface area contributed by atoms with Crippen molar-refractivity contribution in [1.29, 1.82) is 0 Å². The molecule has 1 heterocycles. The Labute approximate surface area is 117 Å². The van der Waals surface area contributed by atoms with Crippen molar-refractivity contribution in [2.45, 2.75) is 24.3 Å². The molecule has 0 saturated carbocycles. The van der Waals surface area contributed by atoms with Gasteiger partial charge in [0.1, 0.15) is 0 Å². The molecule has 0 bridgehead atoms. The summed E-state index contributed by atoms with van der Waals surface area (Å²) in [5.74, 6) is 0.222. The molecule has 2 N–H and O–H groups in total. The Morgan fingerprint density at radius 3 is 2.65 bits per heavy atom. The van der Waals surface area contributed by atoms with E-state index in [-0.39, 0.29) is 16.9 Å². The second kappa shape index (κ2) is 4.28. The minimum Gasteiger partial charge on any atom is -0.368 e. The molecule has 0 amide bonds. The number of nitrogens with two attached hydrogens (primary N) is 1. The quantitative estimate of drug-likeness (QED) is 0.809. The number of benzene rings is 1. The predicted octanol–water partition coefficient (Wildman–Crippen LogP) is 1.79. The summed E-state index contributed by atoms with van der Waals surface area (Å²) in [6.07, 6.45) is 1.76. The molecule has 0 spiro atoms. The summed E-state index contributed by atoms with van der Waals surface area (Å²) in [6.45, 7) is 2.07. The third-order valence-electron chi connectivity index (χ3n) is 3.59. The average molecular weight is 289 g/mol. The summed E-state index contributed by atoms with van der Waals surface area (Å²) in [6, 6.07) is 7.88. The fourth-order valence-corrected chi connectivity index (χ4v) is 3.64. The first-order chi connectivity index (χ1) is 9.38. The van der Waals surface area contributed by atoms with Crippen LogP contribution in [0.25, 0.3) is 11.3 Å². The van der Waals surface area contributed by atoms with Crippen molar-refractivity contribution in [3.05, 3.63) is 35.4 Å². The lowest BCUT2D eigenvalue weighted by molar-refractivity contribution is 0.594. The summed E-state index contributed by atoms with van der Waals surface area (Å²) in [4.78, 5) is 8.21. The summed E-state index contributed by atoms with van der Waals surface area (Å²) in [5, 5.41) is 0.0568. The van der Waals surface area contributed by atoms with E-state index in [1.165, 1.54) is 0 Å². The van der Waals surface area contributed by atoms with Gasteiger partial charge >= 0.3 is 0 Å². The van der Waals surface area contributed by atoms with Gasteiger partial charge in [-0.25, -0.2) is 18.4 Å².